The number of hydrogen-bond donors (Lipinski definition) is 1. The highest BCUT2D eigenvalue weighted by Gasteiger charge is 2.18. The number of aryl methyl sites for hydroxylation is 2. The summed E-state index contributed by atoms with van der Waals surface area (Å²) in [6, 6.07) is 15.2. The highest BCUT2D eigenvalue weighted by Crippen LogP contribution is 2.19. The summed E-state index contributed by atoms with van der Waals surface area (Å²) in [6.07, 6.45) is 2.41. The van der Waals surface area contributed by atoms with Crippen LogP contribution in [0.25, 0.3) is 6.08 Å². The third-order valence-corrected chi connectivity index (χ3v) is 5.02. The molecule has 0 radical (unpaired) electrons. The van der Waals surface area contributed by atoms with Crippen molar-refractivity contribution in [3.05, 3.63) is 76.9 Å². The molecule has 4 heteroatoms. The van der Waals surface area contributed by atoms with Crippen molar-refractivity contribution in [1.29, 1.82) is 0 Å². The molecule has 0 fully saturated rings. The van der Waals surface area contributed by atoms with Crippen LogP contribution in [0.3, 0.4) is 0 Å². The largest absolute Gasteiger partial charge is 0.387 e. The van der Waals surface area contributed by atoms with Gasteiger partial charge in [-0.25, -0.2) is 8.42 Å². The molecule has 0 aromatic heterocycles. The van der Waals surface area contributed by atoms with Gasteiger partial charge in [-0.3, -0.25) is 0 Å². The van der Waals surface area contributed by atoms with E-state index >= 15 is 0 Å². The minimum Gasteiger partial charge on any atom is -0.387 e. The Morgan fingerprint density at radius 3 is 2.26 bits per heavy atom. The lowest BCUT2D eigenvalue weighted by Gasteiger charge is -2.12. The van der Waals surface area contributed by atoms with Crippen LogP contribution in [0.15, 0.2) is 54.6 Å². The molecular weight excluding hydrogens is 308 g/mol. The molecule has 0 spiro atoms. The molecule has 122 valence electrons. The lowest BCUT2D eigenvalue weighted by molar-refractivity contribution is 0.201. The third-order valence-electron chi connectivity index (χ3n) is 3.50. The van der Waals surface area contributed by atoms with E-state index in [1.165, 1.54) is 0 Å². The highest BCUT2D eigenvalue weighted by molar-refractivity contribution is 7.91. The second kappa shape index (κ2) is 7.57. The number of hydrogen-bond acceptors (Lipinski definition) is 3. The zero-order chi connectivity index (χ0) is 16.9. The van der Waals surface area contributed by atoms with Gasteiger partial charge < -0.3 is 5.11 Å². The molecule has 1 N–H and O–H groups in total. The fraction of sp³-hybridized carbons (Fsp3) is 0.263. The number of benzene rings is 2. The van der Waals surface area contributed by atoms with Crippen molar-refractivity contribution >= 4 is 15.9 Å². The second-order valence-corrected chi connectivity index (χ2v) is 7.98. The summed E-state index contributed by atoms with van der Waals surface area (Å²) in [4.78, 5) is 0. The van der Waals surface area contributed by atoms with Gasteiger partial charge in [0, 0.05) is 0 Å². The number of rotatable bonds is 6. The predicted octanol–water partition coefficient (Wildman–Crippen LogP) is 3.47. The first-order valence-corrected chi connectivity index (χ1v) is 9.36. The zero-order valence-corrected chi connectivity index (χ0v) is 14.3. The van der Waals surface area contributed by atoms with Gasteiger partial charge in [0.2, 0.25) is 0 Å². The molecule has 0 bridgehead atoms. The fourth-order valence-corrected chi connectivity index (χ4v) is 3.70. The fourth-order valence-electron chi connectivity index (χ4n) is 2.50. The van der Waals surface area contributed by atoms with Gasteiger partial charge in [-0.05, 0) is 25.0 Å². The van der Waals surface area contributed by atoms with Gasteiger partial charge in [-0.1, -0.05) is 71.8 Å². The average molecular weight is 330 g/mol. The van der Waals surface area contributed by atoms with E-state index in [2.05, 4.69) is 0 Å². The van der Waals surface area contributed by atoms with E-state index in [0.717, 1.165) is 16.7 Å². The topological polar surface area (TPSA) is 54.4 Å². The SMILES string of the molecule is Cc1cc(C)cc(C(O)CS(=O)(=O)C/C=C/c2ccccc2)c1. The Hall–Kier alpha value is -1.91. The summed E-state index contributed by atoms with van der Waals surface area (Å²) in [5.74, 6) is -0.348. The first-order valence-electron chi connectivity index (χ1n) is 7.54. The average Bonchev–Trinajstić information content (AvgIpc) is 2.46. The van der Waals surface area contributed by atoms with Crippen LogP contribution in [0.2, 0.25) is 0 Å². The van der Waals surface area contributed by atoms with Crippen molar-refractivity contribution in [3.63, 3.8) is 0 Å². The summed E-state index contributed by atoms with van der Waals surface area (Å²) >= 11 is 0. The molecule has 1 unspecified atom stereocenters. The van der Waals surface area contributed by atoms with Gasteiger partial charge in [-0.2, -0.15) is 0 Å². The van der Waals surface area contributed by atoms with Gasteiger partial charge >= 0.3 is 0 Å². The van der Waals surface area contributed by atoms with E-state index in [4.69, 9.17) is 0 Å². The van der Waals surface area contributed by atoms with Gasteiger partial charge in [0.25, 0.3) is 0 Å². The normalized spacial score (nSPS) is 13.3. The first-order chi connectivity index (χ1) is 10.9. The maximum Gasteiger partial charge on any atom is 0.156 e. The quantitative estimate of drug-likeness (QED) is 0.882. The molecular formula is C19H22O3S. The molecule has 2 rings (SSSR count). The lowest BCUT2D eigenvalue weighted by atomic mass is 10.0. The van der Waals surface area contributed by atoms with Gasteiger partial charge in [-0.15, -0.1) is 0 Å². The van der Waals surface area contributed by atoms with Crippen LogP contribution in [-0.2, 0) is 9.84 Å². The van der Waals surface area contributed by atoms with Crippen LogP contribution in [0, 0.1) is 13.8 Å². The molecule has 2 aromatic rings. The van der Waals surface area contributed by atoms with Crippen LogP contribution in [0.5, 0.6) is 0 Å². The molecule has 23 heavy (non-hydrogen) atoms. The summed E-state index contributed by atoms with van der Waals surface area (Å²) in [7, 11) is -3.36. The standard InChI is InChI=1S/C19H22O3S/c1-15-11-16(2)13-18(12-15)19(20)14-23(21,22)10-6-9-17-7-4-3-5-8-17/h3-9,11-13,19-20H,10,14H2,1-2H3/b9-6+. The summed E-state index contributed by atoms with van der Waals surface area (Å²) in [5, 5.41) is 10.2. The van der Waals surface area contributed by atoms with Crippen molar-refractivity contribution in [2.75, 3.05) is 11.5 Å². The molecule has 2 aromatic carbocycles. The van der Waals surface area contributed by atoms with E-state index in [1.807, 2.05) is 62.4 Å². The monoisotopic (exact) mass is 330 g/mol. The minimum absolute atomic E-state index is 0.0796. The van der Waals surface area contributed by atoms with Crippen LogP contribution in [0.1, 0.15) is 28.4 Å². The Balaban J connectivity index is 2.01. The first kappa shape index (κ1) is 17.4. The predicted molar refractivity (Wildman–Crippen MR) is 95.0 cm³/mol. The van der Waals surface area contributed by atoms with Gasteiger partial charge in [0.15, 0.2) is 9.84 Å². The Kier molecular flexibility index (Phi) is 5.74. The Labute approximate surface area is 138 Å². The lowest BCUT2D eigenvalue weighted by Crippen LogP contribution is -2.16. The van der Waals surface area contributed by atoms with Crippen molar-refractivity contribution < 1.29 is 13.5 Å². The molecule has 0 saturated carbocycles. The number of aliphatic hydroxyl groups excluding tert-OH is 1. The van der Waals surface area contributed by atoms with E-state index in [1.54, 1.807) is 12.2 Å². The number of aliphatic hydroxyl groups is 1. The van der Waals surface area contributed by atoms with Crippen LogP contribution < -0.4 is 0 Å². The number of sulfone groups is 1. The molecule has 0 amide bonds. The zero-order valence-electron chi connectivity index (χ0n) is 13.4. The third kappa shape index (κ3) is 5.66. The smallest absolute Gasteiger partial charge is 0.156 e. The van der Waals surface area contributed by atoms with E-state index in [9.17, 15) is 13.5 Å². The van der Waals surface area contributed by atoms with Crippen molar-refractivity contribution in [2.45, 2.75) is 20.0 Å². The second-order valence-electron chi connectivity index (χ2n) is 5.83. The molecule has 3 nitrogen and oxygen atoms in total. The van der Waals surface area contributed by atoms with E-state index in [-0.39, 0.29) is 11.5 Å². The highest BCUT2D eigenvalue weighted by atomic mass is 32.2. The molecule has 0 heterocycles. The molecule has 0 saturated heterocycles. The Bertz CT molecular complexity index is 757. The molecule has 0 aliphatic heterocycles. The Morgan fingerprint density at radius 1 is 1.04 bits per heavy atom. The molecule has 0 aliphatic carbocycles. The van der Waals surface area contributed by atoms with E-state index in [0.29, 0.717) is 5.56 Å². The minimum atomic E-state index is -3.36. The summed E-state index contributed by atoms with van der Waals surface area (Å²) in [6.45, 7) is 3.86. The summed E-state index contributed by atoms with van der Waals surface area (Å²) in [5.41, 5.74) is 3.64. The maximum atomic E-state index is 12.2. The van der Waals surface area contributed by atoms with E-state index < -0.39 is 15.9 Å². The maximum absolute atomic E-state index is 12.2. The Morgan fingerprint density at radius 2 is 1.65 bits per heavy atom. The van der Waals surface area contributed by atoms with Crippen molar-refractivity contribution in [3.8, 4) is 0 Å². The van der Waals surface area contributed by atoms with Crippen LogP contribution in [-0.4, -0.2) is 25.0 Å². The van der Waals surface area contributed by atoms with Crippen molar-refractivity contribution in [2.24, 2.45) is 0 Å². The van der Waals surface area contributed by atoms with Gasteiger partial charge in [0.05, 0.1) is 17.6 Å². The molecule has 1 atom stereocenters. The summed E-state index contributed by atoms with van der Waals surface area (Å²) < 4.78 is 24.3. The van der Waals surface area contributed by atoms with Gasteiger partial charge in [0.1, 0.15) is 0 Å². The van der Waals surface area contributed by atoms with Crippen molar-refractivity contribution in [1.82, 2.24) is 0 Å². The van der Waals surface area contributed by atoms with Crippen LogP contribution >= 0.6 is 0 Å². The molecule has 0 aliphatic rings. The van der Waals surface area contributed by atoms with Crippen LogP contribution in [0.4, 0.5) is 0 Å².